The average molecular weight is 362 g/mol. The van der Waals surface area contributed by atoms with Crippen molar-refractivity contribution in [3.05, 3.63) is 65.7 Å². The highest BCUT2D eigenvalue weighted by Crippen LogP contribution is 2.12. The molecule has 0 aromatic heterocycles. The predicted octanol–water partition coefficient (Wildman–Crippen LogP) is 2.10. The third-order valence-electron chi connectivity index (χ3n) is 3.70. The highest BCUT2D eigenvalue weighted by molar-refractivity contribution is 5.85. The van der Waals surface area contributed by atoms with Gasteiger partial charge in [-0.15, -0.1) is 12.4 Å². The Labute approximate surface area is 154 Å². The van der Waals surface area contributed by atoms with Crippen LogP contribution in [0, 0.1) is 0 Å². The molecule has 4 N–H and O–H groups in total. The van der Waals surface area contributed by atoms with E-state index in [0.717, 1.165) is 12.0 Å². The Morgan fingerprint density at radius 1 is 0.840 bits per heavy atom. The second kappa shape index (κ2) is 11.1. The summed E-state index contributed by atoms with van der Waals surface area (Å²) >= 11 is 0. The predicted molar refractivity (Wildman–Crippen MR) is 103 cm³/mol. The van der Waals surface area contributed by atoms with Gasteiger partial charge in [-0.05, 0) is 30.0 Å². The summed E-state index contributed by atoms with van der Waals surface area (Å²) in [7, 11) is 0. The van der Waals surface area contributed by atoms with E-state index in [9.17, 15) is 9.59 Å². The van der Waals surface area contributed by atoms with Gasteiger partial charge < -0.3 is 16.4 Å². The summed E-state index contributed by atoms with van der Waals surface area (Å²) in [5, 5.41) is 5.42. The molecule has 0 bridgehead atoms. The summed E-state index contributed by atoms with van der Waals surface area (Å²) in [5.74, 6) is -0.338. The van der Waals surface area contributed by atoms with Gasteiger partial charge in [-0.3, -0.25) is 9.59 Å². The van der Waals surface area contributed by atoms with E-state index in [4.69, 9.17) is 5.73 Å². The molecule has 0 fully saturated rings. The number of para-hydroxylation sites is 1. The highest BCUT2D eigenvalue weighted by atomic mass is 35.5. The second-order valence-electron chi connectivity index (χ2n) is 5.56. The van der Waals surface area contributed by atoms with E-state index in [1.807, 2.05) is 54.6 Å². The molecule has 6 heteroatoms. The molecule has 0 atom stereocenters. The van der Waals surface area contributed by atoms with Crippen molar-refractivity contribution in [3.8, 4) is 0 Å². The van der Waals surface area contributed by atoms with E-state index in [0.29, 0.717) is 25.1 Å². The van der Waals surface area contributed by atoms with E-state index >= 15 is 0 Å². The van der Waals surface area contributed by atoms with Crippen LogP contribution in [0.15, 0.2) is 54.6 Å². The molecule has 0 aliphatic carbocycles. The van der Waals surface area contributed by atoms with E-state index in [-0.39, 0.29) is 30.8 Å². The van der Waals surface area contributed by atoms with Gasteiger partial charge in [0.2, 0.25) is 11.8 Å². The minimum absolute atomic E-state index is 0. The van der Waals surface area contributed by atoms with Crippen LogP contribution in [0.3, 0.4) is 0 Å². The van der Waals surface area contributed by atoms with Crippen molar-refractivity contribution >= 4 is 29.9 Å². The van der Waals surface area contributed by atoms with E-state index in [2.05, 4.69) is 10.6 Å². The molecule has 134 valence electrons. The molecule has 0 spiro atoms. The number of anilines is 1. The second-order valence-corrected chi connectivity index (χ2v) is 5.56. The molecule has 2 aromatic carbocycles. The smallest absolute Gasteiger partial charge is 0.239 e. The number of carbonyl (C=O) groups is 2. The van der Waals surface area contributed by atoms with Gasteiger partial charge in [0, 0.05) is 18.7 Å². The fourth-order valence-corrected chi connectivity index (χ4v) is 2.33. The molecular weight excluding hydrogens is 338 g/mol. The zero-order valence-electron chi connectivity index (χ0n) is 14.0. The Bertz CT molecular complexity index is 677. The molecule has 0 saturated carbocycles. The van der Waals surface area contributed by atoms with Gasteiger partial charge in [0.15, 0.2) is 0 Å². The lowest BCUT2D eigenvalue weighted by Gasteiger charge is -2.08. The van der Waals surface area contributed by atoms with Gasteiger partial charge in [-0.2, -0.15) is 0 Å². The van der Waals surface area contributed by atoms with Crippen molar-refractivity contribution < 1.29 is 9.59 Å². The first kappa shape index (κ1) is 20.5. The van der Waals surface area contributed by atoms with Gasteiger partial charge in [-0.1, -0.05) is 48.5 Å². The maximum absolute atomic E-state index is 11.8. The van der Waals surface area contributed by atoms with Crippen molar-refractivity contribution in [3.63, 3.8) is 0 Å². The Morgan fingerprint density at radius 2 is 1.52 bits per heavy atom. The van der Waals surface area contributed by atoms with Crippen LogP contribution in [0.2, 0.25) is 0 Å². The Hall–Kier alpha value is -2.53. The first-order chi connectivity index (χ1) is 11.6. The lowest BCUT2D eigenvalue weighted by Crippen LogP contribution is -2.37. The summed E-state index contributed by atoms with van der Waals surface area (Å²) in [6, 6.07) is 17.4. The number of nitrogens with two attached hydrogens (primary N) is 1. The molecule has 5 nitrogen and oxygen atoms in total. The normalized spacial score (nSPS) is 9.76. The van der Waals surface area contributed by atoms with Crippen molar-refractivity contribution in [2.75, 3.05) is 18.8 Å². The van der Waals surface area contributed by atoms with E-state index < -0.39 is 0 Å². The van der Waals surface area contributed by atoms with Crippen LogP contribution in [0.5, 0.6) is 0 Å². The Morgan fingerprint density at radius 3 is 2.24 bits per heavy atom. The third-order valence-corrected chi connectivity index (χ3v) is 3.70. The summed E-state index contributed by atoms with van der Waals surface area (Å²) < 4.78 is 0. The molecule has 0 saturated heterocycles. The molecule has 0 unspecified atom stereocenters. The molecule has 0 radical (unpaired) electrons. The number of aryl methyl sites for hydroxylation is 1. The van der Waals surface area contributed by atoms with E-state index in [1.165, 1.54) is 5.56 Å². The van der Waals surface area contributed by atoms with Crippen molar-refractivity contribution in [2.24, 2.45) is 0 Å². The number of nitrogens with one attached hydrogen (secondary N) is 2. The number of amides is 2. The number of carbonyl (C=O) groups excluding carboxylic acids is 2. The topological polar surface area (TPSA) is 84.2 Å². The number of halogens is 1. The van der Waals surface area contributed by atoms with Crippen LogP contribution in [-0.2, 0) is 22.4 Å². The maximum Gasteiger partial charge on any atom is 0.239 e. The largest absolute Gasteiger partial charge is 0.399 e. The molecule has 0 heterocycles. The SMILES string of the molecule is Cl.Nc1ccccc1CCC(=O)NCC(=O)NCCc1ccccc1. The molecule has 2 aromatic rings. The summed E-state index contributed by atoms with van der Waals surface area (Å²) in [5.41, 5.74) is 8.63. The minimum Gasteiger partial charge on any atom is -0.399 e. The summed E-state index contributed by atoms with van der Waals surface area (Å²) in [4.78, 5) is 23.5. The highest BCUT2D eigenvalue weighted by Gasteiger charge is 2.07. The van der Waals surface area contributed by atoms with Crippen LogP contribution in [0.25, 0.3) is 0 Å². The molecule has 0 aliphatic rings. The Balaban J connectivity index is 0.00000312. The number of hydrogen-bond donors (Lipinski definition) is 3. The summed E-state index contributed by atoms with van der Waals surface area (Å²) in [6.45, 7) is 0.553. The Kier molecular flexibility index (Phi) is 9.11. The fourth-order valence-electron chi connectivity index (χ4n) is 2.33. The first-order valence-corrected chi connectivity index (χ1v) is 8.06. The van der Waals surface area contributed by atoms with Crippen LogP contribution in [0.4, 0.5) is 5.69 Å². The van der Waals surface area contributed by atoms with Gasteiger partial charge in [0.05, 0.1) is 6.54 Å². The van der Waals surface area contributed by atoms with Crippen molar-refractivity contribution in [2.45, 2.75) is 19.3 Å². The molecule has 25 heavy (non-hydrogen) atoms. The van der Waals surface area contributed by atoms with Gasteiger partial charge in [0.1, 0.15) is 0 Å². The molecule has 2 rings (SSSR count). The van der Waals surface area contributed by atoms with Crippen LogP contribution < -0.4 is 16.4 Å². The molecule has 2 amide bonds. The lowest BCUT2D eigenvalue weighted by atomic mass is 10.1. The van der Waals surface area contributed by atoms with Gasteiger partial charge in [0.25, 0.3) is 0 Å². The first-order valence-electron chi connectivity index (χ1n) is 8.06. The molecule has 0 aliphatic heterocycles. The third kappa shape index (κ3) is 7.72. The number of nitrogen functional groups attached to an aromatic ring is 1. The molecular formula is C19H24ClN3O2. The van der Waals surface area contributed by atoms with Crippen LogP contribution in [-0.4, -0.2) is 24.9 Å². The number of rotatable bonds is 8. The fraction of sp³-hybridized carbons (Fsp3) is 0.263. The maximum atomic E-state index is 11.8. The van der Waals surface area contributed by atoms with Crippen LogP contribution in [0.1, 0.15) is 17.5 Å². The lowest BCUT2D eigenvalue weighted by molar-refractivity contribution is -0.126. The zero-order chi connectivity index (χ0) is 17.2. The minimum atomic E-state index is -0.182. The average Bonchev–Trinajstić information content (AvgIpc) is 2.60. The van der Waals surface area contributed by atoms with Crippen LogP contribution >= 0.6 is 12.4 Å². The zero-order valence-corrected chi connectivity index (χ0v) is 14.9. The monoisotopic (exact) mass is 361 g/mol. The standard InChI is InChI=1S/C19H23N3O2.ClH/c20-17-9-5-4-8-16(17)10-11-18(23)22-14-19(24)21-13-12-15-6-2-1-3-7-15;/h1-9H,10-14,20H2,(H,21,24)(H,22,23);1H. The number of benzene rings is 2. The van der Waals surface area contributed by atoms with Gasteiger partial charge >= 0.3 is 0 Å². The van der Waals surface area contributed by atoms with Gasteiger partial charge in [-0.25, -0.2) is 0 Å². The summed E-state index contributed by atoms with van der Waals surface area (Å²) in [6.07, 6.45) is 1.65. The number of hydrogen-bond acceptors (Lipinski definition) is 3. The van der Waals surface area contributed by atoms with E-state index in [1.54, 1.807) is 0 Å². The quantitative estimate of drug-likeness (QED) is 0.629. The van der Waals surface area contributed by atoms with Crippen molar-refractivity contribution in [1.82, 2.24) is 10.6 Å². The van der Waals surface area contributed by atoms with Crippen molar-refractivity contribution in [1.29, 1.82) is 0 Å².